The second-order valence-electron chi connectivity index (χ2n) is 9.04. The van der Waals surface area contributed by atoms with Crippen LogP contribution in [0.1, 0.15) is 69.4 Å². The van der Waals surface area contributed by atoms with E-state index in [1.54, 1.807) is 11.4 Å². The van der Waals surface area contributed by atoms with Gasteiger partial charge >= 0.3 is 0 Å². The van der Waals surface area contributed by atoms with E-state index in [1.807, 2.05) is 18.2 Å². The molecule has 7 heteroatoms. The number of unbranched alkanes of at least 4 members (excludes halogenated alkanes) is 1. The Hall–Kier alpha value is -1.60. The SMILES string of the molecule is CCCCC1CCC(C(=O)NCCCS(=O)(=O)N2CCc3cc(OC)ccc3C2)CC1. The molecule has 0 spiro atoms. The molecule has 0 saturated heterocycles. The van der Waals surface area contributed by atoms with E-state index in [-0.39, 0.29) is 17.6 Å². The number of ether oxygens (including phenoxy) is 1. The van der Waals surface area contributed by atoms with E-state index in [2.05, 4.69) is 12.2 Å². The van der Waals surface area contributed by atoms with E-state index in [4.69, 9.17) is 4.74 Å². The number of hydrogen-bond acceptors (Lipinski definition) is 4. The maximum Gasteiger partial charge on any atom is 0.223 e. The van der Waals surface area contributed by atoms with Crippen molar-refractivity contribution in [2.45, 2.75) is 71.3 Å². The summed E-state index contributed by atoms with van der Waals surface area (Å²) in [7, 11) is -1.69. The monoisotopic (exact) mass is 450 g/mol. The van der Waals surface area contributed by atoms with Crippen LogP contribution in [0.3, 0.4) is 0 Å². The predicted octanol–water partition coefficient (Wildman–Crippen LogP) is 3.89. The Balaban J connectivity index is 1.38. The summed E-state index contributed by atoms with van der Waals surface area (Å²) in [4.78, 5) is 12.5. The maximum atomic E-state index is 12.8. The smallest absolute Gasteiger partial charge is 0.223 e. The van der Waals surface area contributed by atoms with Crippen molar-refractivity contribution in [2.24, 2.45) is 11.8 Å². The van der Waals surface area contributed by atoms with E-state index in [9.17, 15) is 13.2 Å². The maximum absolute atomic E-state index is 12.8. The van der Waals surface area contributed by atoms with Crippen molar-refractivity contribution in [3.8, 4) is 5.75 Å². The Morgan fingerprint density at radius 3 is 2.65 bits per heavy atom. The Kier molecular flexibility index (Phi) is 8.78. The highest BCUT2D eigenvalue weighted by atomic mass is 32.2. The quantitative estimate of drug-likeness (QED) is 0.549. The lowest BCUT2D eigenvalue weighted by molar-refractivity contribution is -0.126. The van der Waals surface area contributed by atoms with Crippen LogP contribution in [0, 0.1) is 11.8 Å². The summed E-state index contributed by atoms with van der Waals surface area (Å²) in [6, 6.07) is 5.82. The van der Waals surface area contributed by atoms with Crippen molar-refractivity contribution in [2.75, 3.05) is 26.0 Å². The first-order valence-corrected chi connectivity index (χ1v) is 13.4. The van der Waals surface area contributed by atoms with E-state index < -0.39 is 10.0 Å². The van der Waals surface area contributed by atoms with Crippen LogP contribution >= 0.6 is 0 Å². The van der Waals surface area contributed by atoms with Crippen molar-refractivity contribution in [1.29, 1.82) is 0 Å². The van der Waals surface area contributed by atoms with Gasteiger partial charge in [-0.15, -0.1) is 0 Å². The van der Waals surface area contributed by atoms with Crippen LogP contribution in [0.2, 0.25) is 0 Å². The Labute approximate surface area is 187 Å². The number of sulfonamides is 1. The molecule has 1 N–H and O–H groups in total. The van der Waals surface area contributed by atoms with Gasteiger partial charge in [-0.3, -0.25) is 4.79 Å². The van der Waals surface area contributed by atoms with E-state index in [0.29, 0.717) is 32.5 Å². The molecule has 0 bridgehead atoms. The molecule has 1 fully saturated rings. The van der Waals surface area contributed by atoms with Crippen molar-refractivity contribution < 1.29 is 17.9 Å². The van der Waals surface area contributed by atoms with Crippen LogP contribution in [0.25, 0.3) is 0 Å². The van der Waals surface area contributed by atoms with Crippen molar-refractivity contribution >= 4 is 15.9 Å². The molecule has 3 rings (SSSR count). The van der Waals surface area contributed by atoms with Crippen molar-refractivity contribution in [1.82, 2.24) is 9.62 Å². The Morgan fingerprint density at radius 1 is 1.16 bits per heavy atom. The molecule has 1 amide bonds. The molecule has 174 valence electrons. The van der Waals surface area contributed by atoms with E-state index in [0.717, 1.165) is 48.5 Å². The van der Waals surface area contributed by atoms with Gasteiger partial charge in [0, 0.05) is 25.6 Å². The van der Waals surface area contributed by atoms with Crippen LogP contribution in [0.4, 0.5) is 0 Å². The molecular formula is C24H38N2O4S. The topological polar surface area (TPSA) is 75.7 Å². The number of hydrogen-bond donors (Lipinski definition) is 1. The summed E-state index contributed by atoms with van der Waals surface area (Å²) >= 11 is 0. The van der Waals surface area contributed by atoms with Crippen LogP contribution in [-0.2, 0) is 27.8 Å². The van der Waals surface area contributed by atoms with Crippen LogP contribution in [0.15, 0.2) is 18.2 Å². The molecule has 0 aromatic heterocycles. The number of nitrogens with one attached hydrogen (secondary N) is 1. The molecule has 1 saturated carbocycles. The van der Waals surface area contributed by atoms with E-state index >= 15 is 0 Å². The van der Waals surface area contributed by atoms with Gasteiger partial charge in [-0.2, -0.15) is 4.31 Å². The highest BCUT2D eigenvalue weighted by molar-refractivity contribution is 7.89. The highest BCUT2D eigenvalue weighted by Crippen LogP contribution is 2.32. The predicted molar refractivity (Wildman–Crippen MR) is 123 cm³/mol. The molecule has 1 heterocycles. The highest BCUT2D eigenvalue weighted by Gasteiger charge is 2.28. The van der Waals surface area contributed by atoms with Crippen LogP contribution in [0.5, 0.6) is 5.75 Å². The molecule has 1 aliphatic carbocycles. The third-order valence-corrected chi connectivity index (χ3v) is 8.75. The first-order valence-electron chi connectivity index (χ1n) is 11.8. The summed E-state index contributed by atoms with van der Waals surface area (Å²) in [6.07, 6.45) is 9.19. The number of rotatable bonds is 10. The minimum atomic E-state index is -3.33. The van der Waals surface area contributed by atoms with Gasteiger partial charge in [-0.1, -0.05) is 32.3 Å². The van der Waals surface area contributed by atoms with Gasteiger partial charge < -0.3 is 10.1 Å². The summed E-state index contributed by atoms with van der Waals surface area (Å²) in [5.74, 6) is 1.87. The third kappa shape index (κ3) is 6.69. The fourth-order valence-electron chi connectivity index (χ4n) is 4.81. The van der Waals surface area contributed by atoms with Gasteiger partial charge in [0.1, 0.15) is 5.75 Å². The molecule has 0 radical (unpaired) electrons. The number of carbonyl (C=O) groups is 1. The zero-order valence-electron chi connectivity index (χ0n) is 19.1. The molecule has 6 nitrogen and oxygen atoms in total. The Morgan fingerprint density at radius 2 is 1.94 bits per heavy atom. The molecule has 0 atom stereocenters. The second kappa shape index (κ2) is 11.3. The van der Waals surface area contributed by atoms with Gasteiger partial charge in [0.05, 0.1) is 12.9 Å². The summed E-state index contributed by atoms with van der Waals surface area (Å²) < 4.78 is 32.4. The van der Waals surface area contributed by atoms with Gasteiger partial charge in [0.25, 0.3) is 0 Å². The summed E-state index contributed by atoms with van der Waals surface area (Å²) in [5, 5.41) is 2.98. The zero-order chi connectivity index (χ0) is 22.3. The molecule has 2 aliphatic rings. The van der Waals surface area contributed by atoms with Crippen LogP contribution < -0.4 is 10.1 Å². The van der Waals surface area contributed by atoms with Gasteiger partial charge in [0.15, 0.2) is 0 Å². The lowest BCUT2D eigenvalue weighted by atomic mass is 9.79. The normalized spacial score (nSPS) is 22.0. The van der Waals surface area contributed by atoms with E-state index in [1.165, 1.54) is 19.3 Å². The average molecular weight is 451 g/mol. The zero-order valence-corrected chi connectivity index (χ0v) is 19.9. The van der Waals surface area contributed by atoms with Gasteiger partial charge in [-0.25, -0.2) is 8.42 Å². The second-order valence-corrected chi connectivity index (χ2v) is 11.1. The molecule has 0 unspecified atom stereocenters. The first-order chi connectivity index (χ1) is 14.9. The lowest BCUT2D eigenvalue weighted by Crippen LogP contribution is -2.39. The Bertz CT molecular complexity index is 832. The number of amides is 1. The van der Waals surface area contributed by atoms with Crippen molar-refractivity contribution in [3.05, 3.63) is 29.3 Å². The van der Waals surface area contributed by atoms with Gasteiger partial charge in [0.2, 0.25) is 15.9 Å². The minimum absolute atomic E-state index is 0.0720. The first kappa shape index (κ1) is 24.1. The van der Waals surface area contributed by atoms with Crippen molar-refractivity contribution in [3.63, 3.8) is 0 Å². The number of methoxy groups -OCH3 is 1. The summed E-state index contributed by atoms with van der Waals surface area (Å²) in [5.41, 5.74) is 2.20. The number of carbonyl (C=O) groups excluding carboxylic acids is 1. The number of benzene rings is 1. The molecule has 1 aliphatic heterocycles. The number of nitrogens with zero attached hydrogens (tertiary/aromatic N) is 1. The fourth-order valence-corrected chi connectivity index (χ4v) is 6.29. The number of fused-ring (bicyclic) bond motifs is 1. The standard InChI is InChI=1S/C24H38N2O4S/c1-3-4-6-19-7-9-20(10-8-19)24(27)25-14-5-16-31(28,29)26-15-13-21-17-23(30-2)12-11-22(21)18-26/h11-12,17,19-20H,3-10,13-16,18H2,1-2H3,(H,25,27). The summed E-state index contributed by atoms with van der Waals surface area (Å²) in [6.45, 7) is 3.56. The largest absolute Gasteiger partial charge is 0.497 e. The molecular weight excluding hydrogens is 412 g/mol. The molecule has 31 heavy (non-hydrogen) atoms. The average Bonchev–Trinajstić information content (AvgIpc) is 2.80. The minimum Gasteiger partial charge on any atom is -0.497 e. The molecule has 1 aromatic carbocycles. The molecule has 1 aromatic rings. The third-order valence-electron chi connectivity index (χ3n) is 6.85. The lowest BCUT2D eigenvalue weighted by Gasteiger charge is -2.29. The van der Waals surface area contributed by atoms with Gasteiger partial charge in [-0.05, 0) is 67.7 Å². The van der Waals surface area contributed by atoms with Crippen LogP contribution in [-0.4, -0.2) is 44.6 Å². The fraction of sp³-hybridized carbons (Fsp3) is 0.708.